The van der Waals surface area contributed by atoms with Crippen LogP contribution in [0.15, 0.2) is 29.3 Å². The highest BCUT2D eigenvalue weighted by molar-refractivity contribution is 5.94. The largest absolute Gasteiger partial charge is 0.369 e. The molecule has 2 aromatic heterocycles. The van der Waals surface area contributed by atoms with Gasteiger partial charge in [0, 0.05) is 25.0 Å². The maximum absolute atomic E-state index is 12.8. The van der Waals surface area contributed by atoms with E-state index in [2.05, 4.69) is 4.98 Å². The first-order valence-corrected chi connectivity index (χ1v) is 7.97. The van der Waals surface area contributed by atoms with Gasteiger partial charge >= 0.3 is 0 Å². The summed E-state index contributed by atoms with van der Waals surface area (Å²) in [5, 5.41) is 0. The van der Waals surface area contributed by atoms with Crippen LogP contribution in [0.3, 0.4) is 0 Å². The molecule has 3 heterocycles. The number of likely N-dealkylation sites (tertiary alicyclic amines) is 1. The Hall–Kier alpha value is -2.70. The zero-order valence-electron chi connectivity index (χ0n) is 13.7. The minimum absolute atomic E-state index is 0.00932. The van der Waals surface area contributed by atoms with Crippen LogP contribution >= 0.6 is 0 Å². The third kappa shape index (κ3) is 2.77. The lowest BCUT2D eigenvalue weighted by Gasteiger charge is -2.36. The van der Waals surface area contributed by atoms with Gasteiger partial charge in [-0.05, 0) is 38.3 Å². The summed E-state index contributed by atoms with van der Waals surface area (Å²) in [7, 11) is 0. The lowest BCUT2D eigenvalue weighted by atomic mass is 9.92. The molecule has 0 aliphatic carbocycles. The van der Waals surface area contributed by atoms with Gasteiger partial charge in [0.05, 0.1) is 5.92 Å². The number of aromatic nitrogens is 2. The summed E-state index contributed by atoms with van der Waals surface area (Å²) in [5.74, 6) is -1.19. The first-order chi connectivity index (χ1) is 11.4. The minimum Gasteiger partial charge on any atom is -0.369 e. The molecular weight excluding hydrogens is 308 g/mol. The SMILES string of the molecule is Cc1ccc2ncc(C(=O)N3C[C@@H](C(N)=O)CC[C@H]3C)c(=O)n2c1. The van der Waals surface area contributed by atoms with Crippen molar-refractivity contribution in [2.24, 2.45) is 11.7 Å². The molecule has 1 aliphatic rings. The van der Waals surface area contributed by atoms with E-state index in [-0.39, 0.29) is 24.1 Å². The molecule has 0 unspecified atom stereocenters. The van der Waals surface area contributed by atoms with Crippen molar-refractivity contribution < 1.29 is 9.59 Å². The number of piperidine rings is 1. The molecule has 0 aromatic carbocycles. The number of rotatable bonds is 2. The van der Waals surface area contributed by atoms with Gasteiger partial charge in [-0.2, -0.15) is 0 Å². The number of primary amides is 1. The van der Waals surface area contributed by atoms with Crippen LogP contribution in [-0.4, -0.2) is 38.7 Å². The van der Waals surface area contributed by atoms with E-state index in [9.17, 15) is 14.4 Å². The van der Waals surface area contributed by atoms with Crippen molar-refractivity contribution in [3.8, 4) is 0 Å². The van der Waals surface area contributed by atoms with E-state index in [1.54, 1.807) is 17.2 Å². The number of carbonyl (C=O) groups is 2. The minimum atomic E-state index is -0.413. The highest BCUT2D eigenvalue weighted by Crippen LogP contribution is 2.23. The fraction of sp³-hybridized carbons (Fsp3) is 0.412. The molecule has 2 amide bonds. The Labute approximate surface area is 139 Å². The summed E-state index contributed by atoms with van der Waals surface area (Å²) < 4.78 is 1.38. The number of hydrogen-bond acceptors (Lipinski definition) is 4. The average molecular weight is 328 g/mol. The second kappa shape index (κ2) is 6.07. The molecule has 1 aliphatic heterocycles. The maximum Gasteiger partial charge on any atom is 0.270 e. The van der Waals surface area contributed by atoms with E-state index in [4.69, 9.17) is 5.73 Å². The number of carbonyl (C=O) groups excluding carboxylic acids is 2. The molecule has 7 nitrogen and oxygen atoms in total. The van der Waals surface area contributed by atoms with Gasteiger partial charge in [0.15, 0.2) is 0 Å². The summed E-state index contributed by atoms with van der Waals surface area (Å²) in [5.41, 5.74) is 6.38. The molecule has 24 heavy (non-hydrogen) atoms. The van der Waals surface area contributed by atoms with Gasteiger partial charge in [0.1, 0.15) is 11.2 Å². The zero-order valence-corrected chi connectivity index (χ0v) is 13.7. The van der Waals surface area contributed by atoms with E-state index in [1.165, 1.54) is 10.6 Å². The number of hydrogen-bond donors (Lipinski definition) is 1. The predicted molar refractivity (Wildman–Crippen MR) is 88.6 cm³/mol. The Kier molecular flexibility index (Phi) is 4.09. The molecule has 1 fully saturated rings. The van der Waals surface area contributed by atoms with Gasteiger partial charge in [-0.15, -0.1) is 0 Å². The van der Waals surface area contributed by atoms with E-state index < -0.39 is 17.4 Å². The predicted octanol–water partition coefficient (Wildman–Crippen LogP) is 0.729. The smallest absolute Gasteiger partial charge is 0.270 e. The van der Waals surface area contributed by atoms with Gasteiger partial charge in [-0.1, -0.05) is 6.07 Å². The van der Waals surface area contributed by atoms with E-state index in [1.807, 2.05) is 19.9 Å². The van der Waals surface area contributed by atoms with Crippen LogP contribution in [0.5, 0.6) is 0 Å². The lowest BCUT2D eigenvalue weighted by molar-refractivity contribution is -0.123. The molecule has 2 N–H and O–H groups in total. The molecule has 0 spiro atoms. The van der Waals surface area contributed by atoms with Gasteiger partial charge in [-0.3, -0.25) is 18.8 Å². The Bertz CT molecular complexity index is 874. The number of nitrogens with zero attached hydrogens (tertiary/aromatic N) is 3. The summed E-state index contributed by atoms with van der Waals surface area (Å²) >= 11 is 0. The van der Waals surface area contributed by atoms with Crippen LogP contribution in [0, 0.1) is 12.8 Å². The topological polar surface area (TPSA) is 97.8 Å². The van der Waals surface area contributed by atoms with Crippen LogP contribution in [0.25, 0.3) is 5.65 Å². The average Bonchev–Trinajstić information content (AvgIpc) is 2.55. The molecule has 0 saturated carbocycles. The fourth-order valence-corrected chi connectivity index (χ4v) is 3.11. The summed E-state index contributed by atoms with van der Waals surface area (Å²) in [6.07, 6.45) is 4.32. The molecule has 3 rings (SSSR count). The quantitative estimate of drug-likeness (QED) is 0.878. The van der Waals surface area contributed by atoms with Crippen molar-refractivity contribution in [1.82, 2.24) is 14.3 Å². The second-order valence-electron chi connectivity index (χ2n) is 6.39. The first-order valence-electron chi connectivity index (χ1n) is 7.97. The molecule has 1 saturated heterocycles. The standard InChI is InChI=1S/C17H20N4O3/c1-10-3-6-14-19-7-13(17(24)21(14)8-10)16(23)20-9-12(15(18)22)5-4-11(20)2/h3,6-8,11-12H,4-5,9H2,1-2H3,(H2,18,22)/t11-,12+/m1/s1. The summed E-state index contributed by atoms with van der Waals surface area (Å²) in [6.45, 7) is 4.02. The van der Waals surface area contributed by atoms with E-state index >= 15 is 0 Å². The third-order valence-corrected chi connectivity index (χ3v) is 4.63. The number of pyridine rings is 1. The van der Waals surface area contributed by atoms with Gasteiger partial charge in [0.25, 0.3) is 11.5 Å². The molecule has 7 heteroatoms. The molecule has 2 atom stereocenters. The molecule has 2 aromatic rings. The number of aryl methyl sites for hydroxylation is 1. The normalized spacial score (nSPS) is 21.0. The molecular formula is C17H20N4O3. The Morgan fingerprint density at radius 3 is 2.75 bits per heavy atom. The van der Waals surface area contributed by atoms with Gasteiger partial charge in [0.2, 0.25) is 5.91 Å². The van der Waals surface area contributed by atoms with Crippen LogP contribution in [0.2, 0.25) is 0 Å². The number of fused-ring (bicyclic) bond motifs is 1. The Morgan fingerprint density at radius 2 is 2.04 bits per heavy atom. The van der Waals surface area contributed by atoms with Crippen molar-refractivity contribution in [1.29, 1.82) is 0 Å². The molecule has 0 radical (unpaired) electrons. The highest BCUT2D eigenvalue weighted by atomic mass is 16.2. The molecule has 126 valence electrons. The van der Waals surface area contributed by atoms with E-state index in [0.717, 1.165) is 5.56 Å². The van der Waals surface area contributed by atoms with Gasteiger partial charge in [-0.25, -0.2) is 4.98 Å². The van der Waals surface area contributed by atoms with Crippen LogP contribution < -0.4 is 11.3 Å². The van der Waals surface area contributed by atoms with Crippen LogP contribution in [-0.2, 0) is 4.79 Å². The number of nitrogens with two attached hydrogens (primary N) is 1. The third-order valence-electron chi connectivity index (χ3n) is 4.63. The van der Waals surface area contributed by atoms with Crippen molar-refractivity contribution in [2.45, 2.75) is 32.7 Å². The summed E-state index contributed by atoms with van der Waals surface area (Å²) in [4.78, 5) is 42.7. The lowest BCUT2D eigenvalue weighted by Crippen LogP contribution is -2.49. The van der Waals surface area contributed by atoms with Crippen molar-refractivity contribution in [2.75, 3.05) is 6.54 Å². The zero-order chi connectivity index (χ0) is 17.4. The van der Waals surface area contributed by atoms with Crippen molar-refractivity contribution in [3.05, 3.63) is 46.0 Å². The summed E-state index contributed by atoms with van der Waals surface area (Å²) in [6, 6.07) is 3.54. The van der Waals surface area contributed by atoms with Crippen LogP contribution in [0.4, 0.5) is 0 Å². The second-order valence-corrected chi connectivity index (χ2v) is 6.39. The fourth-order valence-electron chi connectivity index (χ4n) is 3.11. The monoisotopic (exact) mass is 328 g/mol. The Morgan fingerprint density at radius 1 is 1.29 bits per heavy atom. The van der Waals surface area contributed by atoms with Gasteiger partial charge < -0.3 is 10.6 Å². The first kappa shape index (κ1) is 16.2. The van der Waals surface area contributed by atoms with Crippen LogP contribution in [0.1, 0.15) is 35.7 Å². The van der Waals surface area contributed by atoms with Crippen molar-refractivity contribution >= 4 is 17.5 Å². The highest BCUT2D eigenvalue weighted by Gasteiger charge is 2.33. The van der Waals surface area contributed by atoms with Crippen molar-refractivity contribution in [3.63, 3.8) is 0 Å². The molecule has 0 bridgehead atoms. The Balaban J connectivity index is 2.00. The number of amides is 2. The maximum atomic E-state index is 12.8. The van der Waals surface area contributed by atoms with E-state index in [0.29, 0.717) is 18.5 Å².